The molecule has 2 N–H and O–H groups in total. The number of rotatable bonds is 9. The van der Waals surface area contributed by atoms with E-state index in [-0.39, 0.29) is 17.7 Å². The molecular weight excluding hydrogens is 394 g/mol. The fourth-order valence-electron chi connectivity index (χ4n) is 4.29. The summed E-state index contributed by atoms with van der Waals surface area (Å²) in [7, 11) is 3.14. The number of amides is 2. The van der Waals surface area contributed by atoms with Crippen molar-refractivity contribution in [3.05, 3.63) is 29.8 Å². The summed E-state index contributed by atoms with van der Waals surface area (Å²) in [4.78, 5) is 27.0. The number of nitrogens with zero attached hydrogens (tertiary/aromatic N) is 1. The van der Waals surface area contributed by atoms with Crippen LogP contribution in [-0.2, 0) is 9.59 Å². The minimum atomic E-state index is -0.0733. The number of likely N-dealkylation sites (tertiary alicyclic amines) is 1. The Morgan fingerprint density at radius 3 is 2.55 bits per heavy atom. The summed E-state index contributed by atoms with van der Waals surface area (Å²) in [6, 6.07) is 5.30. The third-order valence-electron chi connectivity index (χ3n) is 6.12. The first-order valence-corrected chi connectivity index (χ1v) is 11.3. The zero-order valence-corrected chi connectivity index (χ0v) is 18.7. The number of allylic oxidation sites excluding steroid dienone is 1. The number of hydrogen-bond donors (Lipinski definition) is 2. The molecule has 0 atom stereocenters. The Balaban J connectivity index is 1.37. The van der Waals surface area contributed by atoms with Crippen molar-refractivity contribution >= 4 is 17.5 Å². The van der Waals surface area contributed by atoms with E-state index in [0.29, 0.717) is 23.7 Å². The highest BCUT2D eigenvalue weighted by molar-refractivity contribution is 5.92. The van der Waals surface area contributed by atoms with Gasteiger partial charge in [0.25, 0.3) is 0 Å². The Morgan fingerprint density at radius 1 is 1.10 bits per heavy atom. The third kappa shape index (κ3) is 6.99. The van der Waals surface area contributed by atoms with Crippen LogP contribution in [0, 0.1) is 5.92 Å². The average Bonchev–Trinajstić information content (AvgIpc) is 2.80. The molecule has 1 aromatic carbocycles. The lowest BCUT2D eigenvalue weighted by Gasteiger charge is -2.30. The van der Waals surface area contributed by atoms with Gasteiger partial charge in [-0.1, -0.05) is 11.6 Å². The van der Waals surface area contributed by atoms with Gasteiger partial charge in [0, 0.05) is 24.2 Å². The summed E-state index contributed by atoms with van der Waals surface area (Å²) < 4.78 is 10.5. The Bertz CT molecular complexity index is 785. The zero-order valence-electron chi connectivity index (χ0n) is 18.7. The largest absolute Gasteiger partial charge is 0.493 e. The van der Waals surface area contributed by atoms with Crippen LogP contribution in [-0.4, -0.2) is 57.1 Å². The van der Waals surface area contributed by atoms with E-state index < -0.39 is 0 Å². The Morgan fingerprint density at radius 2 is 1.87 bits per heavy atom. The molecule has 0 bridgehead atoms. The Hall–Kier alpha value is -2.54. The number of piperidine rings is 1. The number of ether oxygens (including phenoxy) is 2. The van der Waals surface area contributed by atoms with Crippen LogP contribution in [0.3, 0.4) is 0 Å². The van der Waals surface area contributed by atoms with Crippen LogP contribution in [0.2, 0.25) is 0 Å². The van der Waals surface area contributed by atoms with Crippen molar-refractivity contribution < 1.29 is 19.1 Å². The minimum Gasteiger partial charge on any atom is -0.493 e. The van der Waals surface area contributed by atoms with Crippen molar-refractivity contribution in [2.45, 2.75) is 44.9 Å². The van der Waals surface area contributed by atoms with Gasteiger partial charge in [0.05, 0.1) is 20.8 Å². The topological polar surface area (TPSA) is 79.9 Å². The van der Waals surface area contributed by atoms with E-state index in [1.165, 1.54) is 31.3 Å². The number of nitrogens with one attached hydrogen (secondary N) is 2. The van der Waals surface area contributed by atoms with Crippen LogP contribution in [0.25, 0.3) is 0 Å². The summed E-state index contributed by atoms with van der Waals surface area (Å²) in [5, 5.41) is 6.02. The lowest BCUT2D eigenvalue weighted by molar-refractivity contribution is -0.126. The molecule has 3 rings (SSSR count). The maximum Gasteiger partial charge on any atom is 0.238 e. The quantitative estimate of drug-likeness (QED) is 0.589. The van der Waals surface area contributed by atoms with E-state index in [2.05, 4.69) is 21.6 Å². The number of methoxy groups -OCH3 is 2. The molecule has 0 aromatic heterocycles. The predicted molar refractivity (Wildman–Crippen MR) is 122 cm³/mol. The third-order valence-corrected chi connectivity index (χ3v) is 6.12. The fourth-order valence-corrected chi connectivity index (χ4v) is 4.29. The van der Waals surface area contributed by atoms with Gasteiger partial charge >= 0.3 is 0 Å². The van der Waals surface area contributed by atoms with Crippen molar-refractivity contribution in [3.8, 4) is 11.5 Å². The first-order valence-electron chi connectivity index (χ1n) is 11.3. The predicted octanol–water partition coefficient (Wildman–Crippen LogP) is 3.36. The first kappa shape index (κ1) is 23.1. The van der Waals surface area contributed by atoms with E-state index in [9.17, 15) is 9.59 Å². The van der Waals surface area contributed by atoms with Crippen LogP contribution < -0.4 is 20.1 Å². The summed E-state index contributed by atoms with van der Waals surface area (Å²) >= 11 is 0. The molecule has 7 nitrogen and oxygen atoms in total. The van der Waals surface area contributed by atoms with Gasteiger partial charge in [0.15, 0.2) is 11.5 Å². The van der Waals surface area contributed by atoms with E-state index in [1.807, 2.05) is 0 Å². The van der Waals surface area contributed by atoms with Gasteiger partial charge in [-0.3, -0.25) is 14.5 Å². The fraction of sp³-hybridized carbons (Fsp3) is 0.583. The number of anilines is 1. The molecule has 1 saturated heterocycles. The van der Waals surface area contributed by atoms with Gasteiger partial charge in [-0.15, -0.1) is 0 Å². The monoisotopic (exact) mass is 429 g/mol. The molecule has 0 unspecified atom stereocenters. The van der Waals surface area contributed by atoms with E-state index >= 15 is 0 Å². The average molecular weight is 430 g/mol. The molecule has 0 spiro atoms. The molecule has 0 saturated carbocycles. The molecule has 0 radical (unpaired) electrons. The van der Waals surface area contributed by atoms with Crippen molar-refractivity contribution in [1.82, 2.24) is 10.2 Å². The first-order chi connectivity index (χ1) is 15.1. The normalized spacial score (nSPS) is 17.5. The number of benzene rings is 1. The van der Waals surface area contributed by atoms with Crippen LogP contribution in [0.4, 0.5) is 5.69 Å². The SMILES string of the molecule is COc1ccc(NC(=O)CN2CCC(C(=O)NCCC3=CCCCC3)CC2)cc1OC. The Labute approximate surface area is 185 Å². The molecule has 7 heteroatoms. The number of carbonyl (C=O) groups excluding carboxylic acids is 2. The van der Waals surface area contributed by atoms with E-state index in [4.69, 9.17) is 9.47 Å². The maximum atomic E-state index is 12.5. The second-order valence-electron chi connectivity index (χ2n) is 8.32. The highest BCUT2D eigenvalue weighted by Gasteiger charge is 2.25. The minimum absolute atomic E-state index is 0.0468. The zero-order chi connectivity index (χ0) is 22.1. The molecular formula is C24H35N3O4. The van der Waals surface area contributed by atoms with Crippen LogP contribution >= 0.6 is 0 Å². The van der Waals surface area contributed by atoms with Crippen molar-refractivity contribution in [2.24, 2.45) is 5.92 Å². The molecule has 1 fully saturated rings. The smallest absolute Gasteiger partial charge is 0.238 e. The van der Waals surface area contributed by atoms with Crippen molar-refractivity contribution in [2.75, 3.05) is 45.7 Å². The van der Waals surface area contributed by atoms with Crippen LogP contribution in [0.5, 0.6) is 11.5 Å². The summed E-state index contributed by atoms with van der Waals surface area (Å²) in [6.45, 7) is 2.56. The van der Waals surface area contributed by atoms with Gasteiger partial charge in [-0.2, -0.15) is 0 Å². The molecule has 1 heterocycles. The van der Waals surface area contributed by atoms with Gasteiger partial charge < -0.3 is 20.1 Å². The van der Waals surface area contributed by atoms with Crippen molar-refractivity contribution in [1.29, 1.82) is 0 Å². The summed E-state index contributed by atoms with van der Waals surface area (Å²) in [5.74, 6) is 1.33. The molecule has 170 valence electrons. The molecule has 1 aliphatic carbocycles. The van der Waals surface area contributed by atoms with Crippen LogP contribution in [0.1, 0.15) is 44.9 Å². The second-order valence-corrected chi connectivity index (χ2v) is 8.32. The lowest BCUT2D eigenvalue weighted by atomic mass is 9.95. The highest BCUT2D eigenvalue weighted by atomic mass is 16.5. The Kier molecular flexibility index (Phi) is 8.76. The number of hydrogen-bond acceptors (Lipinski definition) is 5. The second kappa shape index (κ2) is 11.7. The standard InChI is InChI=1S/C24H35N3O4/c1-30-21-9-8-20(16-22(21)31-2)26-23(28)17-27-14-11-19(12-15-27)24(29)25-13-10-18-6-4-3-5-7-18/h6,8-9,16,19H,3-5,7,10-15,17H2,1-2H3,(H,25,29)(H,26,28). The molecule has 2 amide bonds. The molecule has 31 heavy (non-hydrogen) atoms. The summed E-state index contributed by atoms with van der Waals surface area (Å²) in [5.41, 5.74) is 2.16. The van der Waals surface area contributed by atoms with Gasteiger partial charge in [-0.25, -0.2) is 0 Å². The summed E-state index contributed by atoms with van der Waals surface area (Å²) in [6.07, 6.45) is 9.82. The van der Waals surface area contributed by atoms with Crippen LogP contribution in [0.15, 0.2) is 29.8 Å². The highest BCUT2D eigenvalue weighted by Crippen LogP contribution is 2.29. The molecule has 1 aromatic rings. The van der Waals surface area contributed by atoms with Gasteiger partial charge in [0.1, 0.15) is 0 Å². The van der Waals surface area contributed by atoms with E-state index in [1.54, 1.807) is 32.4 Å². The lowest BCUT2D eigenvalue weighted by Crippen LogP contribution is -2.43. The molecule has 1 aliphatic heterocycles. The van der Waals surface area contributed by atoms with Gasteiger partial charge in [-0.05, 0) is 70.2 Å². The molecule has 2 aliphatic rings. The van der Waals surface area contributed by atoms with Crippen molar-refractivity contribution in [3.63, 3.8) is 0 Å². The number of carbonyl (C=O) groups is 2. The maximum absolute atomic E-state index is 12.5. The van der Waals surface area contributed by atoms with E-state index in [0.717, 1.165) is 38.9 Å². The van der Waals surface area contributed by atoms with Gasteiger partial charge in [0.2, 0.25) is 11.8 Å².